The van der Waals surface area contributed by atoms with Crippen molar-refractivity contribution in [2.75, 3.05) is 13.7 Å². The van der Waals surface area contributed by atoms with E-state index >= 15 is 0 Å². The van der Waals surface area contributed by atoms with Gasteiger partial charge in [0.1, 0.15) is 6.61 Å². The standard InChI is InChI=1S/C27H37NO5Si/c1-27(2,3)34(5,6)33-23-16-17-28(26(30)32-19-20-10-8-7-9-11-20)24(18-23)21-12-14-22(15-13-21)25(29)31-4/h7-15,23-24H,16-19H2,1-6H3/t23-,24+/m0/s1. The summed E-state index contributed by atoms with van der Waals surface area (Å²) in [6.07, 6.45) is 1.18. The molecule has 1 heterocycles. The number of nitrogens with zero attached hydrogens (tertiary/aromatic N) is 1. The lowest BCUT2D eigenvalue weighted by molar-refractivity contribution is 0.0299. The van der Waals surface area contributed by atoms with Crippen LogP contribution in [0.25, 0.3) is 0 Å². The van der Waals surface area contributed by atoms with Crippen molar-refractivity contribution >= 4 is 20.4 Å². The monoisotopic (exact) mass is 483 g/mol. The van der Waals surface area contributed by atoms with Crippen molar-refractivity contribution in [1.82, 2.24) is 4.90 Å². The van der Waals surface area contributed by atoms with E-state index in [1.54, 1.807) is 17.0 Å². The summed E-state index contributed by atoms with van der Waals surface area (Å²) in [5.74, 6) is -0.381. The van der Waals surface area contributed by atoms with Crippen molar-refractivity contribution in [2.45, 2.75) is 70.5 Å². The van der Waals surface area contributed by atoms with Gasteiger partial charge in [-0.2, -0.15) is 0 Å². The van der Waals surface area contributed by atoms with Gasteiger partial charge in [-0.25, -0.2) is 9.59 Å². The molecule has 0 aromatic heterocycles. The Labute approximate surface area is 204 Å². The van der Waals surface area contributed by atoms with Crippen LogP contribution in [0, 0.1) is 0 Å². The van der Waals surface area contributed by atoms with Crippen molar-refractivity contribution < 1.29 is 23.5 Å². The van der Waals surface area contributed by atoms with Gasteiger partial charge < -0.3 is 18.8 Å². The average molecular weight is 484 g/mol. The molecular formula is C27H37NO5Si. The van der Waals surface area contributed by atoms with Gasteiger partial charge in [-0.05, 0) is 54.2 Å². The van der Waals surface area contributed by atoms with Crippen LogP contribution in [-0.4, -0.2) is 45.0 Å². The smallest absolute Gasteiger partial charge is 0.410 e. The average Bonchev–Trinajstić information content (AvgIpc) is 2.82. The van der Waals surface area contributed by atoms with Gasteiger partial charge in [0.25, 0.3) is 0 Å². The van der Waals surface area contributed by atoms with Gasteiger partial charge in [-0.15, -0.1) is 0 Å². The number of piperidine rings is 1. The molecule has 3 rings (SSSR count). The van der Waals surface area contributed by atoms with E-state index in [1.807, 2.05) is 42.5 Å². The van der Waals surface area contributed by atoms with Gasteiger partial charge in [0.15, 0.2) is 8.32 Å². The molecule has 6 nitrogen and oxygen atoms in total. The zero-order chi connectivity index (χ0) is 24.9. The van der Waals surface area contributed by atoms with E-state index in [2.05, 4.69) is 33.9 Å². The summed E-state index contributed by atoms with van der Waals surface area (Å²) < 4.78 is 17.2. The van der Waals surface area contributed by atoms with E-state index in [-0.39, 0.29) is 35.9 Å². The van der Waals surface area contributed by atoms with Gasteiger partial charge in [0.2, 0.25) is 0 Å². The molecule has 2 aromatic carbocycles. The van der Waals surface area contributed by atoms with Crippen molar-refractivity contribution in [2.24, 2.45) is 0 Å². The molecule has 184 valence electrons. The van der Waals surface area contributed by atoms with Gasteiger partial charge in [0.05, 0.1) is 18.7 Å². The Morgan fingerprint density at radius 3 is 2.26 bits per heavy atom. The molecule has 0 unspecified atom stereocenters. The van der Waals surface area contributed by atoms with Crippen molar-refractivity contribution in [3.8, 4) is 0 Å². The normalized spacial score (nSPS) is 18.9. The highest BCUT2D eigenvalue weighted by Gasteiger charge is 2.42. The zero-order valence-corrected chi connectivity index (χ0v) is 22.2. The van der Waals surface area contributed by atoms with E-state index in [4.69, 9.17) is 13.9 Å². The van der Waals surface area contributed by atoms with E-state index < -0.39 is 8.32 Å². The van der Waals surface area contributed by atoms with E-state index in [1.165, 1.54) is 7.11 Å². The fourth-order valence-electron chi connectivity index (χ4n) is 3.93. The zero-order valence-electron chi connectivity index (χ0n) is 21.2. The summed E-state index contributed by atoms with van der Waals surface area (Å²) in [5.41, 5.74) is 2.38. The van der Waals surface area contributed by atoms with Gasteiger partial charge in [-0.3, -0.25) is 0 Å². The first-order chi connectivity index (χ1) is 16.0. The van der Waals surface area contributed by atoms with Crippen LogP contribution >= 0.6 is 0 Å². The van der Waals surface area contributed by atoms with Crippen LogP contribution in [0.3, 0.4) is 0 Å². The first kappa shape index (κ1) is 26.0. The largest absolute Gasteiger partial charge is 0.465 e. The van der Waals surface area contributed by atoms with Crippen LogP contribution in [0.5, 0.6) is 0 Å². The maximum atomic E-state index is 13.1. The lowest BCUT2D eigenvalue weighted by Gasteiger charge is -2.44. The maximum Gasteiger partial charge on any atom is 0.410 e. The molecule has 0 N–H and O–H groups in total. The minimum atomic E-state index is -1.96. The van der Waals surface area contributed by atoms with Crippen molar-refractivity contribution in [1.29, 1.82) is 0 Å². The number of benzene rings is 2. The minimum Gasteiger partial charge on any atom is -0.465 e. The summed E-state index contributed by atoms with van der Waals surface area (Å²) in [5, 5.41) is 0.108. The number of hydrogen-bond acceptors (Lipinski definition) is 5. The van der Waals surface area contributed by atoms with Gasteiger partial charge in [-0.1, -0.05) is 63.2 Å². The van der Waals surface area contributed by atoms with Crippen LogP contribution in [0.15, 0.2) is 54.6 Å². The number of methoxy groups -OCH3 is 1. The first-order valence-electron chi connectivity index (χ1n) is 11.9. The molecule has 1 saturated heterocycles. The van der Waals surface area contributed by atoms with Crippen LogP contribution < -0.4 is 0 Å². The Balaban J connectivity index is 1.80. The molecule has 0 bridgehead atoms. The highest BCUT2D eigenvalue weighted by molar-refractivity contribution is 6.74. The van der Waals surface area contributed by atoms with E-state index in [0.717, 1.165) is 17.5 Å². The molecule has 1 aliphatic rings. The van der Waals surface area contributed by atoms with Crippen LogP contribution in [0.4, 0.5) is 4.79 Å². The highest BCUT2D eigenvalue weighted by Crippen LogP contribution is 2.41. The van der Waals surface area contributed by atoms with Gasteiger partial charge >= 0.3 is 12.1 Å². The number of ether oxygens (including phenoxy) is 2. The summed E-state index contributed by atoms with van der Waals surface area (Å²) in [6.45, 7) is 12.0. The molecule has 1 fully saturated rings. The predicted molar refractivity (Wildman–Crippen MR) is 135 cm³/mol. The predicted octanol–water partition coefficient (Wildman–Crippen LogP) is 6.34. The Bertz CT molecular complexity index is 969. The summed E-state index contributed by atoms with van der Waals surface area (Å²) >= 11 is 0. The topological polar surface area (TPSA) is 65.1 Å². The molecule has 2 atom stereocenters. The Hall–Kier alpha value is -2.64. The number of likely N-dealkylation sites (tertiary alicyclic amines) is 1. The number of carbonyl (C=O) groups excluding carboxylic acids is 2. The number of amides is 1. The lowest BCUT2D eigenvalue weighted by Crippen LogP contribution is -2.49. The van der Waals surface area contributed by atoms with Crippen LogP contribution in [0.1, 0.15) is 61.1 Å². The third-order valence-corrected chi connectivity index (χ3v) is 11.5. The molecule has 34 heavy (non-hydrogen) atoms. The Morgan fingerprint density at radius 2 is 1.68 bits per heavy atom. The van der Waals surface area contributed by atoms with Crippen molar-refractivity contribution in [3.63, 3.8) is 0 Å². The fraction of sp³-hybridized carbons (Fsp3) is 0.481. The quantitative estimate of drug-likeness (QED) is 0.354. The van der Waals surface area contributed by atoms with Crippen LogP contribution in [0.2, 0.25) is 18.1 Å². The van der Waals surface area contributed by atoms with Gasteiger partial charge in [0, 0.05) is 12.6 Å². The number of esters is 1. The molecule has 2 aromatic rings. The van der Waals surface area contributed by atoms with E-state index in [0.29, 0.717) is 18.5 Å². The molecule has 1 amide bonds. The Morgan fingerprint density at radius 1 is 1.03 bits per heavy atom. The van der Waals surface area contributed by atoms with E-state index in [9.17, 15) is 9.59 Å². The molecule has 0 aliphatic carbocycles. The second-order valence-electron chi connectivity index (χ2n) is 10.4. The SMILES string of the molecule is COC(=O)c1ccc([C@H]2C[C@@H](O[Si](C)(C)C(C)(C)C)CCN2C(=O)OCc2ccccc2)cc1. The molecular weight excluding hydrogens is 446 g/mol. The van der Waals surface area contributed by atoms with Crippen molar-refractivity contribution in [3.05, 3.63) is 71.3 Å². The fourth-order valence-corrected chi connectivity index (χ4v) is 5.33. The number of carbonyl (C=O) groups is 2. The summed E-state index contributed by atoms with van der Waals surface area (Å²) in [4.78, 5) is 26.8. The number of rotatable bonds is 6. The maximum absolute atomic E-state index is 13.1. The molecule has 0 saturated carbocycles. The second kappa shape index (κ2) is 10.7. The third kappa shape index (κ3) is 6.27. The van der Waals surface area contributed by atoms with Crippen LogP contribution in [-0.2, 0) is 20.5 Å². The third-order valence-electron chi connectivity index (χ3n) is 6.98. The molecule has 0 spiro atoms. The summed E-state index contributed by atoms with van der Waals surface area (Å²) in [7, 11) is -0.590. The first-order valence-corrected chi connectivity index (χ1v) is 14.8. The molecule has 0 radical (unpaired) electrons. The summed E-state index contributed by atoms with van der Waals surface area (Å²) in [6, 6.07) is 16.7. The minimum absolute atomic E-state index is 0.0596. The Kier molecular flexibility index (Phi) is 8.20. The number of hydrogen-bond donors (Lipinski definition) is 0. The molecule has 1 aliphatic heterocycles. The highest BCUT2D eigenvalue weighted by atomic mass is 28.4. The second-order valence-corrected chi connectivity index (χ2v) is 15.1. The molecule has 7 heteroatoms. The lowest BCUT2D eigenvalue weighted by atomic mass is 9.93.